The van der Waals surface area contributed by atoms with E-state index in [1.165, 1.54) is 18.1 Å². The van der Waals surface area contributed by atoms with E-state index in [1.54, 1.807) is 76.2 Å². The molecule has 0 spiro atoms. The summed E-state index contributed by atoms with van der Waals surface area (Å²) in [5.41, 5.74) is 1.53. The van der Waals surface area contributed by atoms with Crippen LogP contribution in [0.2, 0.25) is 0 Å². The molecule has 12 nitrogen and oxygen atoms in total. The molecule has 3 aromatic rings. The summed E-state index contributed by atoms with van der Waals surface area (Å²) in [6.45, 7) is 9.42. The highest BCUT2D eigenvalue weighted by molar-refractivity contribution is 6.07. The van der Waals surface area contributed by atoms with Gasteiger partial charge < -0.3 is 26.0 Å². The van der Waals surface area contributed by atoms with Crippen LogP contribution in [0.1, 0.15) is 57.0 Å². The van der Waals surface area contributed by atoms with Crippen LogP contribution in [0.3, 0.4) is 0 Å². The van der Waals surface area contributed by atoms with E-state index in [1.807, 2.05) is 6.92 Å². The summed E-state index contributed by atoms with van der Waals surface area (Å²) in [5, 5.41) is 20.9. The minimum Gasteiger partial charge on any atom is -0.444 e. The number of amides is 3. The molecule has 0 radical (unpaired) electrons. The highest BCUT2D eigenvalue weighted by atomic mass is 16.6. The van der Waals surface area contributed by atoms with E-state index in [0.29, 0.717) is 35.0 Å². The van der Waals surface area contributed by atoms with Crippen molar-refractivity contribution in [3.05, 3.63) is 65.9 Å². The zero-order valence-electron chi connectivity index (χ0n) is 24.6. The maximum absolute atomic E-state index is 13.2. The number of anilines is 5. The summed E-state index contributed by atoms with van der Waals surface area (Å²) in [4.78, 5) is 48.4. The molecule has 1 aromatic heterocycles. The third-order valence-corrected chi connectivity index (χ3v) is 5.85. The topological polar surface area (TPSA) is 161 Å². The summed E-state index contributed by atoms with van der Waals surface area (Å²) in [5.74, 6) is -0.273. The SMILES string of the molecule is CCCNc1nc(Nc2cccc(C#N)c2)ncc1C(=O)Nc1cccc(NC(=O)[C@H](C)N(C)C(=O)OC(C)(C)C)c1. The molecule has 0 aliphatic rings. The number of rotatable bonds is 10. The highest BCUT2D eigenvalue weighted by Crippen LogP contribution is 2.22. The van der Waals surface area contributed by atoms with Gasteiger partial charge in [-0.05, 0) is 70.5 Å². The van der Waals surface area contributed by atoms with Crippen LogP contribution < -0.4 is 21.3 Å². The molecule has 42 heavy (non-hydrogen) atoms. The van der Waals surface area contributed by atoms with Gasteiger partial charge in [0.1, 0.15) is 23.0 Å². The first kappa shape index (κ1) is 31.3. The second-order valence-electron chi connectivity index (χ2n) is 10.5. The van der Waals surface area contributed by atoms with Crippen molar-refractivity contribution in [2.75, 3.05) is 34.9 Å². The van der Waals surface area contributed by atoms with Crippen molar-refractivity contribution in [1.82, 2.24) is 14.9 Å². The van der Waals surface area contributed by atoms with E-state index in [4.69, 9.17) is 10.00 Å². The van der Waals surface area contributed by atoms with Gasteiger partial charge in [-0.3, -0.25) is 14.5 Å². The largest absolute Gasteiger partial charge is 0.444 e. The van der Waals surface area contributed by atoms with Crippen LogP contribution in [0.25, 0.3) is 0 Å². The molecule has 0 aliphatic carbocycles. The van der Waals surface area contributed by atoms with E-state index in [9.17, 15) is 14.4 Å². The molecule has 2 aromatic carbocycles. The molecule has 220 valence electrons. The third kappa shape index (κ3) is 8.92. The van der Waals surface area contributed by atoms with E-state index in [2.05, 4.69) is 37.3 Å². The van der Waals surface area contributed by atoms with Gasteiger partial charge in [0, 0.05) is 36.9 Å². The number of hydrogen-bond donors (Lipinski definition) is 4. The molecule has 1 atom stereocenters. The molecule has 0 aliphatic heterocycles. The number of nitrogens with zero attached hydrogens (tertiary/aromatic N) is 4. The lowest BCUT2D eigenvalue weighted by Crippen LogP contribution is -2.45. The van der Waals surface area contributed by atoms with Crippen molar-refractivity contribution in [1.29, 1.82) is 5.26 Å². The predicted octanol–water partition coefficient (Wildman–Crippen LogP) is 5.36. The molecule has 0 saturated carbocycles. The Kier molecular flexibility index (Phi) is 10.4. The zero-order chi connectivity index (χ0) is 30.9. The summed E-state index contributed by atoms with van der Waals surface area (Å²) in [6.07, 6.45) is 1.61. The molecule has 4 N–H and O–H groups in total. The second-order valence-corrected chi connectivity index (χ2v) is 10.5. The Morgan fingerprint density at radius 2 is 1.71 bits per heavy atom. The first-order valence-corrected chi connectivity index (χ1v) is 13.5. The van der Waals surface area contributed by atoms with Crippen LogP contribution in [0.4, 0.5) is 33.6 Å². The molecular weight excluding hydrogens is 536 g/mol. The second kappa shape index (κ2) is 13.9. The molecule has 0 fully saturated rings. The Morgan fingerprint density at radius 3 is 2.38 bits per heavy atom. The van der Waals surface area contributed by atoms with E-state index in [0.717, 1.165) is 6.42 Å². The minimum absolute atomic E-state index is 0.224. The van der Waals surface area contributed by atoms with Gasteiger partial charge in [-0.15, -0.1) is 0 Å². The Labute approximate surface area is 245 Å². The normalized spacial score (nSPS) is 11.5. The van der Waals surface area contributed by atoms with Crippen LogP contribution >= 0.6 is 0 Å². The Bertz CT molecular complexity index is 1480. The molecule has 3 amide bonds. The maximum atomic E-state index is 13.2. The summed E-state index contributed by atoms with van der Waals surface area (Å²) in [7, 11) is 1.49. The van der Waals surface area contributed by atoms with Crippen LogP contribution in [0, 0.1) is 11.3 Å². The third-order valence-electron chi connectivity index (χ3n) is 5.85. The van der Waals surface area contributed by atoms with E-state index < -0.39 is 29.6 Å². The smallest absolute Gasteiger partial charge is 0.410 e. The fourth-order valence-corrected chi connectivity index (χ4v) is 3.57. The number of ether oxygens (including phenoxy) is 1. The average molecular weight is 573 g/mol. The highest BCUT2D eigenvalue weighted by Gasteiger charge is 2.27. The summed E-state index contributed by atoms with van der Waals surface area (Å²) >= 11 is 0. The number of benzene rings is 2. The van der Waals surface area contributed by atoms with Crippen molar-refractivity contribution < 1.29 is 19.1 Å². The van der Waals surface area contributed by atoms with Crippen molar-refractivity contribution in [3.63, 3.8) is 0 Å². The van der Waals surface area contributed by atoms with Gasteiger partial charge in [0.25, 0.3) is 5.91 Å². The van der Waals surface area contributed by atoms with Gasteiger partial charge in [-0.1, -0.05) is 19.1 Å². The fourth-order valence-electron chi connectivity index (χ4n) is 3.57. The lowest BCUT2D eigenvalue weighted by molar-refractivity contribution is -0.120. The monoisotopic (exact) mass is 572 g/mol. The van der Waals surface area contributed by atoms with E-state index >= 15 is 0 Å². The van der Waals surface area contributed by atoms with Gasteiger partial charge in [-0.25, -0.2) is 9.78 Å². The van der Waals surface area contributed by atoms with Gasteiger partial charge in [0.15, 0.2) is 0 Å². The maximum Gasteiger partial charge on any atom is 0.410 e. The molecule has 12 heteroatoms. The Morgan fingerprint density at radius 1 is 1.05 bits per heavy atom. The predicted molar refractivity (Wildman–Crippen MR) is 162 cm³/mol. The Hall–Kier alpha value is -5.18. The van der Waals surface area contributed by atoms with Crippen molar-refractivity contribution in [3.8, 4) is 6.07 Å². The first-order chi connectivity index (χ1) is 19.9. The summed E-state index contributed by atoms with van der Waals surface area (Å²) in [6, 6.07) is 14.8. The molecule has 0 unspecified atom stereocenters. The number of aromatic nitrogens is 2. The zero-order valence-corrected chi connectivity index (χ0v) is 24.6. The Balaban J connectivity index is 1.72. The summed E-state index contributed by atoms with van der Waals surface area (Å²) < 4.78 is 5.33. The van der Waals surface area contributed by atoms with Crippen LogP contribution in [-0.2, 0) is 9.53 Å². The number of hydrogen-bond acceptors (Lipinski definition) is 9. The van der Waals surface area contributed by atoms with Crippen LogP contribution in [0.5, 0.6) is 0 Å². The standard InChI is InChI=1S/C30H36N8O4/c1-7-14-32-25-24(18-33-28(37-25)36-21-11-8-10-20(15-21)17-31)27(40)35-23-13-9-12-22(16-23)34-26(39)19(2)38(6)29(41)42-30(3,4)5/h8-13,15-16,18-19H,7,14H2,1-6H3,(H,34,39)(H,35,40)(H2,32,33,36,37)/t19-/m0/s1. The number of nitrogens with one attached hydrogen (secondary N) is 4. The van der Waals surface area contributed by atoms with Gasteiger partial charge in [0.2, 0.25) is 11.9 Å². The van der Waals surface area contributed by atoms with Crippen LogP contribution in [0.15, 0.2) is 54.7 Å². The molecular formula is C30H36N8O4. The lowest BCUT2D eigenvalue weighted by Gasteiger charge is -2.28. The molecule has 0 saturated heterocycles. The molecule has 1 heterocycles. The molecule has 3 rings (SSSR count). The van der Waals surface area contributed by atoms with Gasteiger partial charge in [-0.2, -0.15) is 10.2 Å². The fraction of sp³-hybridized carbons (Fsp3) is 0.333. The number of nitriles is 1. The average Bonchev–Trinajstić information content (AvgIpc) is 2.94. The van der Waals surface area contributed by atoms with Crippen LogP contribution in [-0.4, -0.2) is 58.0 Å². The molecule has 0 bridgehead atoms. The van der Waals surface area contributed by atoms with Crippen molar-refractivity contribution in [2.24, 2.45) is 0 Å². The first-order valence-electron chi connectivity index (χ1n) is 13.5. The quantitative estimate of drug-likeness (QED) is 0.251. The number of carbonyl (C=O) groups excluding carboxylic acids is 3. The van der Waals surface area contributed by atoms with Crippen molar-refractivity contribution >= 4 is 46.7 Å². The lowest BCUT2D eigenvalue weighted by atomic mass is 10.2. The van der Waals surface area contributed by atoms with Gasteiger partial charge in [0.05, 0.1) is 11.6 Å². The number of likely N-dealkylation sites (N-methyl/N-ethyl adjacent to an activating group) is 1. The van der Waals surface area contributed by atoms with E-state index in [-0.39, 0.29) is 11.5 Å². The minimum atomic E-state index is -0.808. The van der Waals surface area contributed by atoms with Gasteiger partial charge >= 0.3 is 6.09 Å². The number of carbonyl (C=O) groups is 3. The van der Waals surface area contributed by atoms with Crippen molar-refractivity contribution in [2.45, 2.75) is 52.7 Å².